The Bertz CT molecular complexity index is 320. The van der Waals surface area contributed by atoms with Crippen molar-refractivity contribution in [1.82, 2.24) is 10.6 Å². The van der Waals surface area contributed by atoms with Gasteiger partial charge in [-0.05, 0) is 46.6 Å². The quantitative estimate of drug-likeness (QED) is 0.474. The summed E-state index contributed by atoms with van der Waals surface area (Å²) in [5.41, 5.74) is -0.414. The molecule has 0 radical (unpaired) electrons. The van der Waals surface area contributed by atoms with Crippen LogP contribution in [0.3, 0.4) is 0 Å². The van der Waals surface area contributed by atoms with Gasteiger partial charge >= 0.3 is 5.97 Å². The van der Waals surface area contributed by atoms with E-state index in [1.165, 1.54) is 38.5 Å². The van der Waals surface area contributed by atoms with E-state index in [0.717, 1.165) is 32.4 Å². The minimum Gasteiger partial charge on any atom is -0.459 e. The van der Waals surface area contributed by atoms with E-state index in [0.29, 0.717) is 6.04 Å². The van der Waals surface area contributed by atoms with Crippen molar-refractivity contribution in [3.63, 3.8) is 0 Å². The Hall–Kier alpha value is -0.610. The molecule has 1 fully saturated rings. The normalized spacial score (nSPS) is 20.3. The van der Waals surface area contributed by atoms with Gasteiger partial charge in [-0.2, -0.15) is 0 Å². The van der Waals surface area contributed by atoms with Gasteiger partial charge in [0.25, 0.3) is 0 Å². The molecular formula is C19H38N2O2. The van der Waals surface area contributed by atoms with Gasteiger partial charge in [0.05, 0.1) is 0 Å². The van der Waals surface area contributed by atoms with Gasteiger partial charge in [0.1, 0.15) is 11.6 Å². The third kappa shape index (κ3) is 9.98. The Kier molecular flexibility index (Phi) is 9.80. The molecule has 0 spiro atoms. The molecule has 0 aromatic heterocycles. The van der Waals surface area contributed by atoms with Crippen molar-refractivity contribution in [3.05, 3.63) is 0 Å². The highest BCUT2D eigenvalue weighted by atomic mass is 16.6. The summed E-state index contributed by atoms with van der Waals surface area (Å²) in [5.74, 6) is -0.0865. The minimum atomic E-state index is -0.414. The van der Waals surface area contributed by atoms with Crippen molar-refractivity contribution in [2.75, 3.05) is 13.1 Å². The van der Waals surface area contributed by atoms with Crippen LogP contribution in [-0.2, 0) is 9.53 Å². The number of hydrogen-bond donors (Lipinski definition) is 2. The Morgan fingerprint density at radius 1 is 1.22 bits per heavy atom. The molecule has 136 valence electrons. The zero-order chi connectivity index (χ0) is 17.1. The van der Waals surface area contributed by atoms with E-state index in [-0.39, 0.29) is 12.0 Å². The number of ether oxygens (including phenoxy) is 1. The molecule has 1 aliphatic heterocycles. The Balaban J connectivity index is 2.41. The number of nitrogens with one attached hydrogen (secondary N) is 2. The molecule has 0 amide bonds. The van der Waals surface area contributed by atoms with Crippen LogP contribution in [0.2, 0.25) is 0 Å². The lowest BCUT2D eigenvalue weighted by Gasteiger charge is -2.30. The highest BCUT2D eigenvalue weighted by Gasteiger charge is 2.27. The molecule has 4 heteroatoms. The fourth-order valence-electron chi connectivity index (χ4n) is 3.05. The standard InChI is InChI=1S/C19H38N2O2/c1-5-6-7-8-9-10-13-17(18(22)23-19(2,3)4)21-16-12-11-14-20-15-16/h16-17,20-21H,5-15H2,1-4H3. The van der Waals surface area contributed by atoms with Crippen molar-refractivity contribution in [3.8, 4) is 0 Å². The van der Waals surface area contributed by atoms with Crippen molar-refractivity contribution in [2.45, 2.75) is 103 Å². The second kappa shape index (κ2) is 11.0. The predicted molar refractivity (Wildman–Crippen MR) is 96.7 cm³/mol. The van der Waals surface area contributed by atoms with Crippen LogP contribution < -0.4 is 10.6 Å². The zero-order valence-electron chi connectivity index (χ0n) is 15.7. The first kappa shape index (κ1) is 20.4. The SMILES string of the molecule is CCCCCCCCC(NC1CCCNC1)C(=O)OC(C)(C)C. The average Bonchev–Trinajstić information content (AvgIpc) is 2.49. The molecular weight excluding hydrogens is 288 g/mol. The summed E-state index contributed by atoms with van der Waals surface area (Å²) in [4.78, 5) is 12.5. The first-order valence-electron chi connectivity index (χ1n) is 9.62. The molecule has 0 aromatic carbocycles. The first-order chi connectivity index (χ1) is 10.9. The number of hydrogen-bond acceptors (Lipinski definition) is 4. The third-order valence-corrected chi connectivity index (χ3v) is 4.27. The van der Waals surface area contributed by atoms with E-state index in [2.05, 4.69) is 17.6 Å². The Morgan fingerprint density at radius 2 is 1.91 bits per heavy atom. The van der Waals surface area contributed by atoms with Gasteiger partial charge in [-0.25, -0.2) is 0 Å². The summed E-state index contributed by atoms with van der Waals surface area (Å²) < 4.78 is 5.62. The minimum absolute atomic E-state index is 0.0865. The van der Waals surface area contributed by atoms with E-state index < -0.39 is 5.60 Å². The summed E-state index contributed by atoms with van der Waals surface area (Å²) >= 11 is 0. The molecule has 1 heterocycles. The summed E-state index contributed by atoms with van der Waals surface area (Å²) in [6.45, 7) is 10.1. The van der Waals surface area contributed by atoms with Gasteiger partial charge in [0.15, 0.2) is 0 Å². The van der Waals surface area contributed by atoms with Crippen LogP contribution >= 0.6 is 0 Å². The largest absolute Gasteiger partial charge is 0.459 e. The predicted octanol–water partition coefficient (Wildman–Crippen LogP) is 3.79. The Morgan fingerprint density at radius 3 is 2.52 bits per heavy atom. The number of esters is 1. The summed E-state index contributed by atoms with van der Waals surface area (Å²) in [5, 5.41) is 6.95. The van der Waals surface area contributed by atoms with Crippen LogP contribution in [0.5, 0.6) is 0 Å². The maximum atomic E-state index is 12.5. The van der Waals surface area contributed by atoms with Gasteiger partial charge in [-0.15, -0.1) is 0 Å². The monoisotopic (exact) mass is 326 g/mol. The number of unbranched alkanes of at least 4 members (excludes halogenated alkanes) is 5. The first-order valence-corrected chi connectivity index (χ1v) is 9.62. The lowest BCUT2D eigenvalue weighted by Crippen LogP contribution is -2.51. The van der Waals surface area contributed by atoms with Crippen molar-refractivity contribution < 1.29 is 9.53 Å². The van der Waals surface area contributed by atoms with Crippen molar-refractivity contribution in [2.24, 2.45) is 0 Å². The molecule has 1 saturated heterocycles. The van der Waals surface area contributed by atoms with Crippen LogP contribution in [0.25, 0.3) is 0 Å². The van der Waals surface area contributed by atoms with Crippen LogP contribution in [0.4, 0.5) is 0 Å². The topological polar surface area (TPSA) is 50.4 Å². The molecule has 0 aliphatic carbocycles. The van der Waals surface area contributed by atoms with E-state index >= 15 is 0 Å². The molecule has 2 N–H and O–H groups in total. The third-order valence-electron chi connectivity index (χ3n) is 4.27. The van der Waals surface area contributed by atoms with E-state index in [9.17, 15) is 4.79 Å². The number of piperidine rings is 1. The van der Waals surface area contributed by atoms with Crippen LogP contribution in [0.1, 0.15) is 85.5 Å². The maximum Gasteiger partial charge on any atom is 0.323 e. The van der Waals surface area contributed by atoms with Crippen LogP contribution in [0.15, 0.2) is 0 Å². The van der Waals surface area contributed by atoms with Crippen molar-refractivity contribution >= 4 is 5.97 Å². The molecule has 4 nitrogen and oxygen atoms in total. The van der Waals surface area contributed by atoms with E-state index in [1.807, 2.05) is 20.8 Å². The molecule has 1 aliphatic rings. The molecule has 0 saturated carbocycles. The zero-order valence-corrected chi connectivity index (χ0v) is 15.7. The fraction of sp³-hybridized carbons (Fsp3) is 0.947. The molecule has 2 atom stereocenters. The second-order valence-electron chi connectivity index (χ2n) is 7.85. The summed E-state index contributed by atoms with van der Waals surface area (Å²) in [6.07, 6.45) is 10.7. The number of rotatable bonds is 10. The fourth-order valence-corrected chi connectivity index (χ4v) is 3.05. The van der Waals surface area contributed by atoms with E-state index in [4.69, 9.17) is 4.74 Å². The Labute approximate surface area is 143 Å². The van der Waals surface area contributed by atoms with Crippen LogP contribution in [-0.4, -0.2) is 36.7 Å². The molecule has 2 unspecified atom stereocenters. The van der Waals surface area contributed by atoms with Crippen molar-refractivity contribution in [1.29, 1.82) is 0 Å². The van der Waals surface area contributed by atoms with Crippen LogP contribution in [0, 0.1) is 0 Å². The highest BCUT2D eigenvalue weighted by molar-refractivity contribution is 5.76. The molecule has 23 heavy (non-hydrogen) atoms. The lowest BCUT2D eigenvalue weighted by atomic mass is 10.0. The van der Waals surface area contributed by atoms with Gasteiger partial charge in [-0.1, -0.05) is 45.4 Å². The average molecular weight is 327 g/mol. The van der Waals surface area contributed by atoms with E-state index in [1.54, 1.807) is 0 Å². The van der Waals surface area contributed by atoms with Gasteiger partial charge in [0.2, 0.25) is 0 Å². The second-order valence-corrected chi connectivity index (χ2v) is 7.85. The van der Waals surface area contributed by atoms with Gasteiger partial charge in [0, 0.05) is 12.6 Å². The lowest BCUT2D eigenvalue weighted by molar-refractivity contribution is -0.158. The molecule has 1 rings (SSSR count). The summed E-state index contributed by atoms with van der Waals surface area (Å²) in [6, 6.07) is 0.228. The number of carbonyl (C=O) groups is 1. The molecule has 0 bridgehead atoms. The van der Waals surface area contributed by atoms with Gasteiger partial charge in [-0.3, -0.25) is 4.79 Å². The summed E-state index contributed by atoms with van der Waals surface area (Å²) in [7, 11) is 0. The molecule has 0 aromatic rings. The van der Waals surface area contributed by atoms with Gasteiger partial charge < -0.3 is 15.4 Å². The highest BCUT2D eigenvalue weighted by Crippen LogP contribution is 2.15. The number of carbonyl (C=O) groups excluding carboxylic acids is 1. The smallest absolute Gasteiger partial charge is 0.323 e. The maximum absolute atomic E-state index is 12.5.